The van der Waals surface area contributed by atoms with Gasteiger partial charge in [-0.15, -0.1) is 0 Å². The Labute approximate surface area is 106 Å². The van der Waals surface area contributed by atoms with Crippen molar-refractivity contribution < 1.29 is 9.90 Å². The number of carbonyl (C=O) groups is 1. The smallest absolute Gasteiger partial charge is 0.321 e. The van der Waals surface area contributed by atoms with Gasteiger partial charge in [0.25, 0.3) is 0 Å². The number of nitrogens with zero attached hydrogens (tertiary/aromatic N) is 1. The van der Waals surface area contributed by atoms with Crippen molar-refractivity contribution in [2.24, 2.45) is 0 Å². The van der Waals surface area contributed by atoms with Crippen LogP contribution in [0.2, 0.25) is 0 Å². The van der Waals surface area contributed by atoms with Crippen LogP contribution in [0, 0.1) is 0 Å². The first-order chi connectivity index (χ1) is 8.27. The fraction of sp³-hybridized carbons (Fsp3) is 0.462. The number of carboxylic acid groups (broad SMARTS) is 1. The third-order valence-electron chi connectivity index (χ3n) is 3.05. The summed E-state index contributed by atoms with van der Waals surface area (Å²) < 4.78 is 0. The fourth-order valence-electron chi connectivity index (χ4n) is 2.05. The van der Waals surface area contributed by atoms with Gasteiger partial charge in [-0.3, -0.25) is 9.69 Å². The monoisotopic (exact) mass is 251 g/mol. The van der Waals surface area contributed by atoms with E-state index in [2.05, 4.69) is 17.0 Å². The third-order valence-corrected chi connectivity index (χ3v) is 4.08. The summed E-state index contributed by atoms with van der Waals surface area (Å²) >= 11 is 1.73. The number of hydrogen-bond acceptors (Lipinski definition) is 3. The zero-order chi connectivity index (χ0) is 12.1. The summed E-state index contributed by atoms with van der Waals surface area (Å²) in [6.07, 6.45) is 0.926. The van der Waals surface area contributed by atoms with E-state index in [9.17, 15) is 4.79 Å². The molecule has 92 valence electrons. The Hall–Kier alpha value is -1.00. The second-order valence-electron chi connectivity index (χ2n) is 4.20. The van der Waals surface area contributed by atoms with Gasteiger partial charge in [0.2, 0.25) is 0 Å². The predicted octanol–water partition coefficient (Wildman–Crippen LogP) is 1.73. The van der Waals surface area contributed by atoms with Gasteiger partial charge in [-0.25, -0.2) is 0 Å². The van der Waals surface area contributed by atoms with E-state index in [1.807, 2.05) is 18.2 Å². The van der Waals surface area contributed by atoms with Crippen molar-refractivity contribution >= 4 is 17.7 Å². The molecule has 0 spiro atoms. The summed E-state index contributed by atoms with van der Waals surface area (Å²) in [5, 5.41) is 9.15. The van der Waals surface area contributed by atoms with Crippen LogP contribution in [0.5, 0.6) is 0 Å². The third kappa shape index (κ3) is 3.48. The molecule has 0 bridgehead atoms. The molecule has 17 heavy (non-hydrogen) atoms. The van der Waals surface area contributed by atoms with Gasteiger partial charge in [0.05, 0.1) is 0 Å². The van der Waals surface area contributed by atoms with E-state index in [0.29, 0.717) is 5.75 Å². The summed E-state index contributed by atoms with van der Waals surface area (Å²) in [6.45, 7) is 1.72. The maximum absolute atomic E-state index is 11.1. The van der Waals surface area contributed by atoms with E-state index in [1.165, 1.54) is 5.56 Å². The maximum atomic E-state index is 11.1. The molecule has 1 aromatic carbocycles. The number of hydrogen-bond donors (Lipinski definition) is 1. The van der Waals surface area contributed by atoms with Gasteiger partial charge in [0.1, 0.15) is 6.04 Å². The van der Waals surface area contributed by atoms with Crippen LogP contribution in [-0.2, 0) is 11.2 Å². The lowest BCUT2D eigenvalue weighted by Crippen LogP contribution is -2.47. The number of aliphatic carboxylic acids is 1. The van der Waals surface area contributed by atoms with Gasteiger partial charge < -0.3 is 5.11 Å². The standard InChI is InChI=1S/C13H17NO2S/c15-13(16)12-10-17-9-8-14(12)7-6-11-4-2-1-3-5-11/h1-5,12H,6-10H2,(H,15,16). The molecule has 1 fully saturated rings. The number of benzene rings is 1. The molecule has 2 rings (SSSR count). The van der Waals surface area contributed by atoms with Crippen molar-refractivity contribution in [1.29, 1.82) is 0 Å². The van der Waals surface area contributed by atoms with Crippen molar-refractivity contribution in [3.8, 4) is 0 Å². The second-order valence-corrected chi connectivity index (χ2v) is 5.35. The summed E-state index contributed by atoms with van der Waals surface area (Å²) in [5.74, 6) is 1.06. The topological polar surface area (TPSA) is 40.5 Å². The molecule has 1 saturated heterocycles. The van der Waals surface area contributed by atoms with Crippen LogP contribution in [0.3, 0.4) is 0 Å². The van der Waals surface area contributed by atoms with E-state index < -0.39 is 5.97 Å². The molecule has 0 saturated carbocycles. The Morgan fingerprint density at radius 3 is 2.88 bits per heavy atom. The lowest BCUT2D eigenvalue weighted by atomic mass is 10.1. The summed E-state index contributed by atoms with van der Waals surface area (Å²) in [6, 6.07) is 9.92. The Balaban J connectivity index is 1.90. The van der Waals surface area contributed by atoms with E-state index in [1.54, 1.807) is 11.8 Å². The molecule has 1 heterocycles. The Kier molecular flexibility index (Phi) is 4.45. The van der Waals surface area contributed by atoms with Crippen molar-refractivity contribution in [3.63, 3.8) is 0 Å². The number of rotatable bonds is 4. The highest BCUT2D eigenvalue weighted by molar-refractivity contribution is 7.99. The minimum Gasteiger partial charge on any atom is -0.480 e. The van der Waals surface area contributed by atoms with Crippen LogP contribution in [0.4, 0.5) is 0 Å². The minimum atomic E-state index is -0.690. The van der Waals surface area contributed by atoms with Crippen LogP contribution in [0.1, 0.15) is 5.56 Å². The van der Waals surface area contributed by atoms with E-state index >= 15 is 0 Å². The molecular weight excluding hydrogens is 234 g/mol. The highest BCUT2D eigenvalue weighted by Crippen LogP contribution is 2.17. The lowest BCUT2D eigenvalue weighted by molar-refractivity contribution is -0.142. The first kappa shape index (κ1) is 12.5. The summed E-state index contributed by atoms with van der Waals surface area (Å²) in [5.41, 5.74) is 1.27. The summed E-state index contributed by atoms with van der Waals surface area (Å²) in [4.78, 5) is 13.2. The van der Waals surface area contributed by atoms with E-state index in [-0.39, 0.29) is 6.04 Å². The van der Waals surface area contributed by atoms with Crippen molar-refractivity contribution in [1.82, 2.24) is 4.90 Å². The Bertz CT molecular complexity index is 369. The van der Waals surface area contributed by atoms with Gasteiger partial charge in [-0.2, -0.15) is 11.8 Å². The van der Waals surface area contributed by atoms with Gasteiger partial charge in [-0.1, -0.05) is 30.3 Å². The van der Waals surface area contributed by atoms with Crippen molar-refractivity contribution in [3.05, 3.63) is 35.9 Å². The average molecular weight is 251 g/mol. The SMILES string of the molecule is O=C(O)C1CSCCN1CCc1ccccc1. The minimum absolute atomic E-state index is 0.308. The molecule has 1 atom stereocenters. The molecule has 1 N–H and O–H groups in total. The van der Waals surface area contributed by atoms with Crippen LogP contribution in [-0.4, -0.2) is 46.6 Å². The zero-order valence-corrected chi connectivity index (χ0v) is 10.5. The molecule has 1 unspecified atom stereocenters. The lowest BCUT2D eigenvalue weighted by Gasteiger charge is -2.32. The van der Waals surface area contributed by atoms with Gasteiger partial charge in [0, 0.05) is 24.6 Å². The molecule has 1 aliphatic rings. The Morgan fingerprint density at radius 1 is 1.41 bits per heavy atom. The van der Waals surface area contributed by atoms with Crippen molar-refractivity contribution in [2.75, 3.05) is 24.6 Å². The number of carboxylic acids is 1. The molecule has 4 heteroatoms. The molecule has 0 aromatic heterocycles. The maximum Gasteiger partial charge on any atom is 0.321 e. The molecular formula is C13H17NO2S. The van der Waals surface area contributed by atoms with Crippen LogP contribution < -0.4 is 0 Å². The van der Waals surface area contributed by atoms with Gasteiger partial charge in [-0.05, 0) is 12.0 Å². The largest absolute Gasteiger partial charge is 0.480 e. The highest BCUT2D eigenvalue weighted by Gasteiger charge is 2.28. The van der Waals surface area contributed by atoms with E-state index in [0.717, 1.165) is 25.3 Å². The first-order valence-electron chi connectivity index (χ1n) is 5.86. The molecule has 3 nitrogen and oxygen atoms in total. The molecule has 0 radical (unpaired) electrons. The Morgan fingerprint density at radius 2 is 2.18 bits per heavy atom. The molecule has 1 aliphatic heterocycles. The molecule has 0 amide bonds. The van der Waals surface area contributed by atoms with Crippen LogP contribution >= 0.6 is 11.8 Å². The normalized spacial score (nSPS) is 21.3. The van der Waals surface area contributed by atoms with Gasteiger partial charge >= 0.3 is 5.97 Å². The average Bonchev–Trinajstić information content (AvgIpc) is 2.38. The van der Waals surface area contributed by atoms with Crippen molar-refractivity contribution in [2.45, 2.75) is 12.5 Å². The quantitative estimate of drug-likeness (QED) is 0.885. The second kappa shape index (κ2) is 6.07. The fourth-order valence-corrected chi connectivity index (χ4v) is 3.16. The predicted molar refractivity (Wildman–Crippen MR) is 70.5 cm³/mol. The molecule has 1 aromatic rings. The molecule has 0 aliphatic carbocycles. The van der Waals surface area contributed by atoms with E-state index in [4.69, 9.17) is 5.11 Å². The zero-order valence-electron chi connectivity index (χ0n) is 9.71. The van der Waals surface area contributed by atoms with Crippen LogP contribution in [0.25, 0.3) is 0 Å². The summed E-state index contributed by atoms with van der Waals surface area (Å²) in [7, 11) is 0. The number of thioether (sulfide) groups is 1. The van der Waals surface area contributed by atoms with Crippen LogP contribution in [0.15, 0.2) is 30.3 Å². The first-order valence-corrected chi connectivity index (χ1v) is 7.01. The highest BCUT2D eigenvalue weighted by atomic mass is 32.2. The van der Waals surface area contributed by atoms with Gasteiger partial charge in [0.15, 0.2) is 0 Å².